The van der Waals surface area contributed by atoms with Gasteiger partial charge >= 0.3 is 0 Å². The van der Waals surface area contributed by atoms with E-state index in [1.54, 1.807) is 0 Å². The van der Waals surface area contributed by atoms with E-state index in [-0.39, 0.29) is 24.8 Å². The fraction of sp³-hybridized carbons (Fsp3) is 0.619. The van der Waals surface area contributed by atoms with Crippen LogP contribution in [0.15, 0.2) is 36.7 Å². The molecule has 0 unspecified atom stereocenters. The summed E-state index contributed by atoms with van der Waals surface area (Å²) in [5.41, 5.74) is 2.00. The molecule has 7 heteroatoms. The van der Waals surface area contributed by atoms with E-state index in [1.165, 1.54) is 57.2 Å². The summed E-state index contributed by atoms with van der Waals surface area (Å²) in [6, 6.07) is 11.3. The number of benzene rings is 1. The van der Waals surface area contributed by atoms with Gasteiger partial charge in [0.25, 0.3) is 0 Å². The molecule has 1 saturated carbocycles. The van der Waals surface area contributed by atoms with Crippen LogP contribution in [0.1, 0.15) is 49.9 Å². The molecule has 0 radical (unpaired) electrons. The Morgan fingerprint density at radius 3 is 2.46 bits per heavy atom. The lowest BCUT2D eigenvalue weighted by atomic mass is 9.67. The van der Waals surface area contributed by atoms with Gasteiger partial charge in [0.2, 0.25) is 0 Å². The monoisotopic (exact) mass is 425 g/mol. The van der Waals surface area contributed by atoms with Gasteiger partial charge in [-0.25, -0.2) is 0 Å². The molecule has 0 amide bonds. The zero-order chi connectivity index (χ0) is 17.7. The maximum Gasteiger partial charge on any atom is 0.146 e. The molecule has 1 aliphatic heterocycles. The van der Waals surface area contributed by atoms with Crippen LogP contribution >= 0.6 is 24.8 Å². The molecule has 1 aliphatic carbocycles. The van der Waals surface area contributed by atoms with Crippen LogP contribution in [0.2, 0.25) is 0 Å². The van der Waals surface area contributed by atoms with E-state index in [9.17, 15) is 0 Å². The summed E-state index contributed by atoms with van der Waals surface area (Å²) in [7, 11) is 0. The van der Waals surface area contributed by atoms with Gasteiger partial charge in [0.05, 0.1) is 6.54 Å². The standard InChI is InChI=1S/C21H31N5.2ClH/c1-2-4-18(5-3-1)8-15-26-17-24-25-20(26)16-23-19-6-9-21(10-7-19)11-13-22-14-12-21;;/h1-5,17,19,22-23H,6-16H2;2*1H. The molecule has 1 aromatic carbocycles. The minimum absolute atomic E-state index is 0. The van der Waals surface area contributed by atoms with Crippen molar-refractivity contribution >= 4 is 24.8 Å². The highest BCUT2D eigenvalue weighted by atomic mass is 35.5. The highest BCUT2D eigenvalue weighted by molar-refractivity contribution is 5.85. The summed E-state index contributed by atoms with van der Waals surface area (Å²) < 4.78 is 2.19. The Balaban J connectivity index is 0.00000140. The van der Waals surface area contributed by atoms with E-state index in [0.29, 0.717) is 11.5 Å². The molecule has 1 spiro atoms. The molecule has 4 rings (SSSR count). The maximum absolute atomic E-state index is 4.34. The van der Waals surface area contributed by atoms with Crippen molar-refractivity contribution in [1.82, 2.24) is 25.4 Å². The van der Waals surface area contributed by atoms with Gasteiger partial charge in [-0.15, -0.1) is 35.0 Å². The molecule has 28 heavy (non-hydrogen) atoms. The van der Waals surface area contributed by atoms with Crippen molar-refractivity contribution < 1.29 is 0 Å². The lowest BCUT2D eigenvalue weighted by Gasteiger charge is -2.43. The Hall–Kier alpha value is -1.14. The number of halogens is 2. The Morgan fingerprint density at radius 1 is 1.04 bits per heavy atom. The van der Waals surface area contributed by atoms with Crippen LogP contribution in [0.4, 0.5) is 0 Å². The summed E-state index contributed by atoms with van der Waals surface area (Å²) in [6.45, 7) is 4.19. The maximum atomic E-state index is 4.34. The number of piperidine rings is 1. The second kappa shape index (κ2) is 11.1. The van der Waals surface area contributed by atoms with Crippen molar-refractivity contribution in [2.24, 2.45) is 5.41 Å². The predicted molar refractivity (Wildman–Crippen MR) is 118 cm³/mol. The topological polar surface area (TPSA) is 54.8 Å². The number of hydrogen-bond acceptors (Lipinski definition) is 4. The molecule has 1 aromatic heterocycles. The van der Waals surface area contributed by atoms with Gasteiger partial charge < -0.3 is 15.2 Å². The molecular weight excluding hydrogens is 393 g/mol. The van der Waals surface area contributed by atoms with Gasteiger partial charge in [0.1, 0.15) is 12.2 Å². The minimum atomic E-state index is 0. The van der Waals surface area contributed by atoms with E-state index >= 15 is 0 Å². The number of aryl methyl sites for hydroxylation is 2. The van der Waals surface area contributed by atoms with Crippen LogP contribution < -0.4 is 10.6 Å². The summed E-state index contributed by atoms with van der Waals surface area (Å²) >= 11 is 0. The minimum Gasteiger partial charge on any atom is -0.317 e. The number of nitrogens with zero attached hydrogens (tertiary/aromatic N) is 3. The molecule has 2 N–H and O–H groups in total. The highest BCUT2D eigenvalue weighted by Crippen LogP contribution is 2.43. The van der Waals surface area contributed by atoms with Crippen molar-refractivity contribution in [2.45, 2.75) is 64.1 Å². The van der Waals surface area contributed by atoms with Gasteiger partial charge in [0, 0.05) is 12.6 Å². The fourth-order valence-electron chi connectivity index (χ4n) is 4.62. The molecule has 5 nitrogen and oxygen atoms in total. The highest BCUT2D eigenvalue weighted by Gasteiger charge is 2.35. The fourth-order valence-corrected chi connectivity index (χ4v) is 4.62. The summed E-state index contributed by atoms with van der Waals surface area (Å²) in [5.74, 6) is 1.06. The molecule has 2 aromatic rings. The Labute approximate surface area is 180 Å². The smallest absolute Gasteiger partial charge is 0.146 e. The number of aromatic nitrogens is 3. The van der Waals surface area contributed by atoms with Crippen molar-refractivity contribution in [3.63, 3.8) is 0 Å². The van der Waals surface area contributed by atoms with Gasteiger partial charge in [0.15, 0.2) is 0 Å². The second-order valence-corrected chi connectivity index (χ2v) is 8.08. The molecule has 2 aliphatic rings. The number of hydrogen-bond donors (Lipinski definition) is 2. The lowest BCUT2D eigenvalue weighted by molar-refractivity contribution is 0.115. The molecule has 1 saturated heterocycles. The summed E-state index contributed by atoms with van der Waals surface area (Å²) in [4.78, 5) is 0. The van der Waals surface area contributed by atoms with E-state index in [1.807, 2.05) is 6.33 Å². The predicted octanol–water partition coefficient (Wildman–Crippen LogP) is 3.77. The van der Waals surface area contributed by atoms with E-state index in [4.69, 9.17) is 0 Å². The average molecular weight is 426 g/mol. The first-order valence-corrected chi connectivity index (χ1v) is 10.2. The normalized spacial score (nSPS) is 19.0. The SMILES string of the molecule is Cl.Cl.c1ccc(CCn2cnnc2CNC2CCC3(CCNCC3)CC2)cc1. The first-order valence-electron chi connectivity index (χ1n) is 10.2. The molecule has 0 bridgehead atoms. The van der Waals surface area contributed by atoms with E-state index in [0.717, 1.165) is 25.3 Å². The van der Waals surface area contributed by atoms with Crippen LogP contribution in [-0.2, 0) is 19.5 Å². The van der Waals surface area contributed by atoms with Gasteiger partial charge in [-0.1, -0.05) is 30.3 Å². The number of rotatable bonds is 6. The third-order valence-electron chi connectivity index (χ3n) is 6.44. The Bertz CT molecular complexity index is 675. The van der Waals surface area contributed by atoms with Gasteiger partial charge in [-0.2, -0.15) is 0 Å². The quantitative estimate of drug-likeness (QED) is 0.739. The first-order chi connectivity index (χ1) is 12.8. The lowest BCUT2D eigenvalue weighted by Crippen LogP contribution is -2.43. The molecule has 0 atom stereocenters. The van der Waals surface area contributed by atoms with Crippen molar-refractivity contribution in [2.75, 3.05) is 13.1 Å². The second-order valence-electron chi connectivity index (χ2n) is 8.08. The van der Waals surface area contributed by atoms with E-state index in [2.05, 4.69) is 55.7 Å². The Kier molecular flexibility index (Phi) is 9.22. The molecule has 156 valence electrons. The van der Waals surface area contributed by atoms with Crippen LogP contribution in [-0.4, -0.2) is 33.9 Å². The molecule has 2 heterocycles. The third kappa shape index (κ3) is 5.93. The summed E-state index contributed by atoms with van der Waals surface area (Å²) in [5, 5.41) is 15.7. The summed E-state index contributed by atoms with van der Waals surface area (Å²) in [6.07, 6.45) is 11.0. The van der Waals surface area contributed by atoms with Crippen molar-refractivity contribution in [3.8, 4) is 0 Å². The zero-order valence-electron chi connectivity index (χ0n) is 16.5. The number of nitrogens with one attached hydrogen (secondary N) is 2. The van der Waals surface area contributed by atoms with Crippen molar-refractivity contribution in [1.29, 1.82) is 0 Å². The van der Waals surface area contributed by atoms with Crippen LogP contribution in [0.25, 0.3) is 0 Å². The molecule has 2 fully saturated rings. The van der Waals surface area contributed by atoms with E-state index < -0.39 is 0 Å². The largest absolute Gasteiger partial charge is 0.317 e. The zero-order valence-corrected chi connectivity index (χ0v) is 18.1. The first kappa shape index (κ1) is 23.1. The molecular formula is C21H33Cl2N5. The third-order valence-corrected chi connectivity index (χ3v) is 6.44. The van der Waals surface area contributed by atoms with Gasteiger partial charge in [-0.05, 0) is 69.0 Å². The Morgan fingerprint density at radius 2 is 1.75 bits per heavy atom. The van der Waals surface area contributed by atoms with Crippen LogP contribution in [0.5, 0.6) is 0 Å². The van der Waals surface area contributed by atoms with Crippen molar-refractivity contribution in [3.05, 3.63) is 48.0 Å². The van der Waals surface area contributed by atoms with Crippen LogP contribution in [0, 0.1) is 5.41 Å². The van der Waals surface area contributed by atoms with Crippen LogP contribution in [0.3, 0.4) is 0 Å². The average Bonchev–Trinajstić information content (AvgIpc) is 3.15. The van der Waals surface area contributed by atoms with Gasteiger partial charge in [-0.3, -0.25) is 0 Å².